The van der Waals surface area contributed by atoms with Crippen molar-refractivity contribution in [2.75, 3.05) is 6.16 Å². The average Bonchev–Trinajstić information content (AvgIpc) is 4.17. The number of thiophene rings is 5. The molecule has 0 N–H and O–H groups in total. The first-order valence-corrected chi connectivity index (χ1v) is 28.5. The van der Waals surface area contributed by atoms with Gasteiger partial charge in [-0.3, -0.25) is 4.68 Å². The standard InChI is InChI=1S/C49H44N4O3PS6.BrH/c1-30-39(59-44-40(30)60-42-32(3)41(61-45(42)44)43-33(4)49-47(62-43)46-48(63(49,54)55)31(2)38(26-50)58-46)29-56-28-34-27-53(52-51-34)24-16-5-6-17-25-57(35-18-10-7-11-19-35,36-20-12-8-13-21-36)37-22-14-9-15-23-37;/h7-15,18-23,27H,5-6,16-17,24-25,28-29H2,1-4H3;1H/q+1;/p-1. The first kappa shape index (κ1) is 45.3. The minimum absolute atomic E-state index is 0. The lowest BCUT2D eigenvalue weighted by molar-refractivity contribution is -0.0000152. The molecule has 15 heteroatoms. The summed E-state index contributed by atoms with van der Waals surface area (Å²) >= 11 is 8.22. The highest BCUT2D eigenvalue weighted by molar-refractivity contribution is 7.95. The lowest BCUT2D eigenvalue weighted by atomic mass is 10.2. The molecule has 0 bridgehead atoms. The van der Waals surface area contributed by atoms with Crippen LogP contribution in [0.1, 0.15) is 63.4 Å². The number of rotatable bonds is 15. The van der Waals surface area contributed by atoms with Crippen molar-refractivity contribution in [1.82, 2.24) is 15.0 Å². The van der Waals surface area contributed by atoms with Crippen molar-refractivity contribution < 1.29 is 30.1 Å². The van der Waals surface area contributed by atoms with Crippen LogP contribution < -0.4 is 32.9 Å². The zero-order chi connectivity index (χ0) is 43.5. The summed E-state index contributed by atoms with van der Waals surface area (Å²) in [7, 11) is -5.48. The van der Waals surface area contributed by atoms with Gasteiger partial charge in [0, 0.05) is 21.2 Å². The smallest absolute Gasteiger partial charge is 0.210 e. The molecule has 0 amide bonds. The van der Waals surface area contributed by atoms with E-state index >= 15 is 0 Å². The van der Waals surface area contributed by atoms with Crippen molar-refractivity contribution in [2.45, 2.75) is 82.9 Å². The Bertz CT molecular complexity index is 3210. The molecule has 1 aliphatic heterocycles. The highest BCUT2D eigenvalue weighted by Gasteiger charge is 2.45. The Morgan fingerprint density at radius 1 is 0.625 bits per heavy atom. The summed E-state index contributed by atoms with van der Waals surface area (Å²) in [5, 5.41) is 22.8. The van der Waals surface area contributed by atoms with E-state index in [-0.39, 0.29) is 17.0 Å². The number of hydrogen-bond acceptors (Lipinski definition) is 11. The maximum absolute atomic E-state index is 13.8. The summed E-state index contributed by atoms with van der Waals surface area (Å²) in [5.74, 6) is 0. The van der Waals surface area contributed by atoms with Crippen LogP contribution in [0.3, 0.4) is 0 Å². The molecule has 326 valence electrons. The second kappa shape index (κ2) is 18.4. The molecule has 0 spiro atoms. The molecule has 0 fully saturated rings. The molecule has 0 atom stereocenters. The monoisotopic (exact) mass is 1040 g/mol. The maximum Gasteiger partial charge on any atom is 0.210 e. The molecule has 6 aromatic heterocycles. The van der Waals surface area contributed by atoms with Gasteiger partial charge in [0.25, 0.3) is 0 Å². The summed E-state index contributed by atoms with van der Waals surface area (Å²) in [6, 6.07) is 35.6. The van der Waals surface area contributed by atoms with Crippen molar-refractivity contribution in [1.29, 1.82) is 5.26 Å². The van der Waals surface area contributed by atoms with Gasteiger partial charge < -0.3 is 21.7 Å². The number of nitrogens with zero attached hydrogens (tertiary/aromatic N) is 4. The Morgan fingerprint density at radius 2 is 1.19 bits per heavy atom. The molecule has 0 unspecified atom stereocenters. The third-order valence-corrected chi connectivity index (χ3v) is 26.3. The number of aryl methyl sites for hydroxylation is 3. The molecule has 0 saturated carbocycles. The van der Waals surface area contributed by atoms with E-state index in [1.165, 1.54) is 62.1 Å². The van der Waals surface area contributed by atoms with E-state index in [0.717, 1.165) is 69.2 Å². The summed E-state index contributed by atoms with van der Waals surface area (Å²) < 4.78 is 40.9. The van der Waals surface area contributed by atoms with Gasteiger partial charge >= 0.3 is 0 Å². The molecule has 7 nitrogen and oxygen atoms in total. The Hall–Kier alpha value is -3.87. The minimum Gasteiger partial charge on any atom is -1.00 e. The van der Waals surface area contributed by atoms with Gasteiger partial charge in [-0.05, 0) is 106 Å². The van der Waals surface area contributed by atoms with Gasteiger partial charge in [0.05, 0.1) is 63.9 Å². The number of benzene rings is 3. The van der Waals surface area contributed by atoms with Gasteiger partial charge in [-0.25, -0.2) is 8.42 Å². The van der Waals surface area contributed by atoms with Crippen molar-refractivity contribution >= 4 is 108 Å². The zero-order valence-electron chi connectivity index (χ0n) is 35.7. The molecule has 3 aromatic carbocycles. The van der Waals surface area contributed by atoms with Crippen LogP contribution in [-0.4, -0.2) is 29.6 Å². The number of hydrogen-bond donors (Lipinski definition) is 0. The van der Waals surface area contributed by atoms with E-state index in [9.17, 15) is 13.7 Å². The van der Waals surface area contributed by atoms with Crippen LogP contribution >= 0.6 is 63.9 Å². The first-order chi connectivity index (χ1) is 30.6. The van der Waals surface area contributed by atoms with Gasteiger partial charge in [-0.15, -0.1) is 61.8 Å². The van der Waals surface area contributed by atoms with E-state index in [2.05, 4.69) is 121 Å². The number of halogens is 1. The normalized spacial score (nSPS) is 13.0. The summed E-state index contributed by atoms with van der Waals surface area (Å²) in [4.78, 5) is 6.07. The SMILES string of the molecule is Cc1c(C#N)sc2c1S(=O)(=O)c1c-2sc(-c2sc3c(sc4c(C)c(COCc5cn(CCCCCC[P+](c6ccccc6)(c6ccccc6)c6ccccc6)nn5)sc43)c2C)c1C.[Br-]. The molecular formula is C49H44BrN4O3PS6. The Labute approximate surface area is 405 Å². The molecule has 64 heavy (non-hydrogen) atoms. The van der Waals surface area contributed by atoms with E-state index in [0.29, 0.717) is 33.4 Å². The first-order valence-electron chi connectivity index (χ1n) is 21.0. The predicted octanol–water partition coefficient (Wildman–Crippen LogP) is 9.75. The van der Waals surface area contributed by atoms with Crippen molar-refractivity contribution in [3.05, 3.63) is 135 Å². The van der Waals surface area contributed by atoms with Gasteiger partial charge in [0.15, 0.2) is 0 Å². The van der Waals surface area contributed by atoms with Crippen LogP contribution in [0.5, 0.6) is 0 Å². The van der Waals surface area contributed by atoms with Gasteiger partial charge in [-0.2, -0.15) is 5.26 Å². The molecular weight excluding hydrogens is 996 g/mol. The van der Waals surface area contributed by atoms with E-state index < -0.39 is 17.1 Å². The molecule has 10 rings (SSSR count). The largest absolute Gasteiger partial charge is 1.00 e. The quantitative estimate of drug-likeness (QED) is 0.0750. The van der Waals surface area contributed by atoms with Gasteiger partial charge in [0.2, 0.25) is 9.84 Å². The molecule has 1 aliphatic rings. The molecule has 7 heterocycles. The summed E-state index contributed by atoms with van der Waals surface area (Å²) in [6.07, 6.45) is 7.67. The van der Waals surface area contributed by atoms with Crippen LogP contribution in [0.2, 0.25) is 0 Å². The Morgan fingerprint density at radius 3 is 1.83 bits per heavy atom. The lowest BCUT2D eigenvalue weighted by Gasteiger charge is -2.27. The Kier molecular flexibility index (Phi) is 13.0. The number of unbranched alkanes of at least 4 members (excludes halogenated alkanes) is 3. The van der Waals surface area contributed by atoms with E-state index in [1.807, 2.05) is 29.1 Å². The maximum atomic E-state index is 13.8. The number of sulfone groups is 1. The van der Waals surface area contributed by atoms with Crippen LogP contribution in [0.25, 0.3) is 38.3 Å². The van der Waals surface area contributed by atoms with Crippen LogP contribution in [0.4, 0.5) is 0 Å². The second-order valence-corrected chi connectivity index (χ2v) is 26.7. The second-order valence-electron chi connectivity index (χ2n) is 16.1. The summed E-state index contributed by atoms with van der Waals surface area (Å²) in [6.45, 7) is 9.76. The average molecular weight is 1040 g/mol. The van der Waals surface area contributed by atoms with Crippen LogP contribution in [-0.2, 0) is 34.3 Å². The fourth-order valence-electron chi connectivity index (χ4n) is 9.03. The fraction of sp³-hybridized carbons (Fsp3) is 0.245. The zero-order valence-corrected chi connectivity index (χ0v) is 43.1. The molecule has 9 aromatic rings. The topological polar surface area (TPSA) is 97.9 Å². The van der Waals surface area contributed by atoms with E-state index in [4.69, 9.17) is 4.74 Å². The molecule has 0 radical (unpaired) electrons. The fourth-order valence-corrected chi connectivity index (χ4v) is 23.5. The van der Waals surface area contributed by atoms with Gasteiger partial charge in [-0.1, -0.05) is 66.2 Å². The molecule has 0 aliphatic carbocycles. The summed E-state index contributed by atoms with van der Waals surface area (Å²) in [5.41, 5.74) is 4.67. The molecule has 0 saturated heterocycles. The lowest BCUT2D eigenvalue weighted by Crippen LogP contribution is -3.00. The van der Waals surface area contributed by atoms with Crippen molar-refractivity contribution in [3.8, 4) is 25.6 Å². The van der Waals surface area contributed by atoms with Crippen LogP contribution in [0, 0.1) is 39.0 Å². The predicted molar refractivity (Wildman–Crippen MR) is 268 cm³/mol. The van der Waals surface area contributed by atoms with Crippen molar-refractivity contribution in [2.24, 2.45) is 0 Å². The van der Waals surface area contributed by atoms with Crippen molar-refractivity contribution in [3.63, 3.8) is 0 Å². The third kappa shape index (κ3) is 7.68. The number of nitriles is 1. The van der Waals surface area contributed by atoms with Gasteiger partial charge in [0.1, 0.15) is 39.8 Å². The van der Waals surface area contributed by atoms with Crippen LogP contribution in [0.15, 0.2) is 107 Å². The number of ether oxygens (including phenoxy) is 1. The minimum atomic E-state index is -3.68. The van der Waals surface area contributed by atoms with E-state index in [1.54, 1.807) is 40.9 Å². The number of aromatic nitrogens is 3. The Balaban J connectivity index is 0.00000518. The third-order valence-electron chi connectivity index (χ3n) is 12.2. The number of fused-ring (bicyclic) bond motifs is 6. The highest BCUT2D eigenvalue weighted by atomic mass is 79.9. The highest BCUT2D eigenvalue weighted by Crippen LogP contribution is 2.60.